The third-order valence-corrected chi connectivity index (χ3v) is 4.61. The van der Waals surface area contributed by atoms with Crippen molar-refractivity contribution in [2.45, 2.75) is 24.9 Å². The van der Waals surface area contributed by atoms with Gasteiger partial charge in [-0.2, -0.15) is 30.4 Å². The van der Waals surface area contributed by atoms with Gasteiger partial charge in [0.2, 0.25) is 5.76 Å². The zero-order valence-corrected chi connectivity index (χ0v) is 15.3. The summed E-state index contributed by atoms with van der Waals surface area (Å²) in [5, 5.41) is 0. The van der Waals surface area contributed by atoms with Gasteiger partial charge in [-0.15, -0.1) is 0 Å². The minimum atomic E-state index is -6.39. The number of hydrogen-bond acceptors (Lipinski definition) is 6. The Bertz CT molecular complexity index is 852. The molecule has 0 N–H and O–H groups in total. The number of carbonyl (C=O) groups is 1. The van der Waals surface area contributed by atoms with Gasteiger partial charge in [-0.1, -0.05) is 30.3 Å². The van der Waals surface area contributed by atoms with E-state index in [2.05, 4.69) is 8.92 Å². The second kappa shape index (κ2) is 8.03. The van der Waals surface area contributed by atoms with E-state index in [0.29, 0.717) is 5.56 Å². The van der Waals surface area contributed by atoms with Gasteiger partial charge < -0.3 is 8.92 Å². The minimum absolute atomic E-state index is 0.0569. The van der Waals surface area contributed by atoms with Gasteiger partial charge in [0.25, 0.3) is 0 Å². The molecule has 1 heterocycles. The Kier molecular flexibility index (Phi) is 6.34. The quantitative estimate of drug-likeness (QED) is 0.300. The second-order valence-corrected chi connectivity index (χ2v) is 7.38. The monoisotopic (exact) mass is 429 g/mol. The number of carbonyl (C=O) groups excluding carboxylic acids is 1. The second-order valence-electron chi connectivity index (χ2n) is 5.85. The van der Waals surface area contributed by atoms with E-state index in [1.54, 1.807) is 30.3 Å². The molecule has 0 saturated carbocycles. The molecule has 0 fully saturated rings. The highest BCUT2D eigenvalue weighted by molar-refractivity contribution is 7.87. The van der Waals surface area contributed by atoms with E-state index in [4.69, 9.17) is 0 Å². The van der Waals surface area contributed by atoms with Gasteiger partial charge >= 0.3 is 27.5 Å². The molecule has 0 aliphatic carbocycles. The SMILES string of the molecule is CCOC(=O)C1=C(OS(=O)(=O)C(F)(F)F)C(F)(F)CN(Cc2ccccc2)C1. The first kappa shape index (κ1) is 22.1. The Morgan fingerprint density at radius 3 is 2.36 bits per heavy atom. The van der Waals surface area contributed by atoms with Crippen LogP contribution in [0, 0.1) is 0 Å². The molecule has 6 nitrogen and oxygen atoms in total. The van der Waals surface area contributed by atoms with Gasteiger partial charge in [0.1, 0.15) is 0 Å². The van der Waals surface area contributed by atoms with Gasteiger partial charge in [-0.3, -0.25) is 4.90 Å². The molecule has 0 atom stereocenters. The summed E-state index contributed by atoms with van der Waals surface area (Å²) in [7, 11) is -6.39. The van der Waals surface area contributed by atoms with Gasteiger partial charge in [0.05, 0.1) is 18.7 Å². The highest BCUT2D eigenvalue weighted by Crippen LogP contribution is 2.38. The average Bonchev–Trinajstić information content (AvgIpc) is 2.56. The fourth-order valence-corrected chi connectivity index (χ4v) is 3.06. The molecule has 0 aromatic heterocycles. The molecule has 1 aliphatic heterocycles. The third kappa shape index (κ3) is 4.98. The van der Waals surface area contributed by atoms with Crippen LogP contribution in [0.3, 0.4) is 0 Å². The maximum atomic E-state index is 14.5. The van der Waals surface area contributed by atoms with Crippen LogP contribution in [0.15, 0.2) is 41.7 Å². The van der Waals surface area contributed by atoms with E-state index in [0.717, 1.165) is 4.90 Å². The predicted octanol–water partition coefficient (Wildman–Crippen LogP) is 2.82. The van der Waals surface area contributed by atoms with Gasteiger partial charge in [-0.25, -0.2) is 4.79 Å². The molecule has 0 amide bonds. The Morgan fingerprint density at radius 2 is 1.82 bits per heavy atom. The van der Waals surface area contributed by atoms with Crippen molar-refractivity contribution in [2.75, 3.05) is 19.7 Å². The maximum Gasteiger partial charge on any atom is 0.534 e. The van der Waals surface area contributed by atoms with E-state index in [1.165, 1.54) is 6.92 Å². The molecule has 0 unspecified atom stereocenters. The Morgan fingerprint density at radius 1 is 1.21 bits per heavy atom. The van der Waals surface area contributed by atoms with Crippen molar-refractivity contribution in [3.05, 3.63) is 47.2 Å². The first-order valence-electron chi connectivity index (χ1n) is 7.93. The summed E-state index contributed by atoms with van der Waals surface area (Å²) in [6.07, 6.45) is 0. The van der Waals surface area contributed by atoms with Crippen LogP contribution in [-0.4, -0.2) is 50.4 Å². The lowest BCUT2D eigenvalue weighted by molar-refractivity contribution is -0.140. The van der Waals surface area contributed by atoms with Crippen LogP contribution < -0.4 is 0 Å². The van der Waals surface area contributed by atoms with Crippen molar-refractivity contribution in [3.8, 4) is 0 Å². The van der Waals surface area contributed by atoms with Crippen LogP contribution >= 0.6 is 0 Å². The van der Waals surface area contributed by atoms with Crippen molar-refractivity contribution in [1.29, 1.82) is 0 Å². The van der Waals surface area contributed by atoms with E-state index in [1.807, 2.05) is 0 Å². The van der Waals surface area contributed by atoms with Crippen LogP contribution in [0.4, 0.5) is 22.0 Å². The number of nitrogens with zero attached hydrogens (tertiary/aromatic N) is 1. The molecular formula is C16H16F5NO5S. The summed E-state index contributed by atoms with van der Waals surface area (Å²) in [6, 6.07) is 8.28. The molecule has 156 valence electrons. The van der Waals surface area contributed by atoms with Gasteiger partial charge in [0.15, 0.2) is 0 Å². The first-order valence-corrected chi connectivity index (χ1v) is 9.34. The fourth-order valence-electron chi connectivity index (χ4n) is 2.52. The first-order chi connectivity index (χ1) is 12.9. The molecule has 1 aliphatic rings. The van der Waals surface area contributed by atoms with Gasteiger partial charge in [-0.05, 0) is 12.5 Å². The summed E-state index contributed by atoms with van der Waals surface area (Å²) in [5.41, 5.74) is -6.31. The van der Waals surface area contributed by atoms with Crippen molar-refractivity contribution in [1.82, 2.24) is 4.90 Å². The number of alkyl halides is 5. The van der Waals surface area contributed by atoms with Crippen LogP contribution in [-0.2, 0) is 30.4 Å². The molecule has 0 saturated heterocycles. The molecule has 1 aromatic carbocycles. The molecule has 2 rings (SSSR count). The van der Waals surface area contributed by atoms with Crippen molar-refractivity contribution in [3.63, 3.8) is 0 Å². The molecule has 12 heteroatoms. The summed E-state index contributed by atoms with van der Waals surface area (Å²) in [6.45, 7) is -0.682. The lowest BCUT2D eigenvalue weighted by Gasteiger charge is -2.34. The standard InChI is InChI=1S/C16H16F5NO5S/c1-2-26-14(23)12-9-22(8-11-6-4-3-5-7-11)10-15(17,18)13(12)27-28(24,25)16(19,20)21/h3-7H,2,8-10H2,1H3. The van der Waals surface area contributed by atoms with E-state index in [9.17, 15) is 35.2 Å². The lowest BCUT2D eigenvalue weighted by Crippen LogP contribution is -2.47. The fraction of sp³-hybridized carbons (Fsp3) is 0.438. The predicted molar refractivity (Wildman–Crippen MR) is 86.4 cm³/mol. The van der Waals surface area contributed by atoms with Gasteiger partial charge in [0, 0.05) is 13.1 Å². The zero-order valence-electron chi connectivity index (χ0n) is 14.5. The molecule has 1 aromatic rings. The minimum Gasteiger partial charge on any atom is -0.462 e. The molecule has 0 bridgehead atoms. The number of rotatable bonds is 6. The number of esters is 1. The maximum absolute atomic E-state index is 14.5. The van der Waals surface area contributed by atoms with E-state index < -0.39 is 51.9 Å². The van der Waals surface area contributed by atoms with E-state index >= 15 is 0 Å². The number of ether oxygens (including phenoxy) is 1. The van der Waals surface area contributed by atoms with Crippen LogP contribution in [0.2, 0.25) is 0 Å². The Balaban J connectivity index is 2.44. The number of hydrogen-bond donors (Lipinski definition) is 0. The van der Waals surface area contributed by atoms with E-state index in [-0.39, 0.29) is 13.2 Å². The summed E-state index contributed by atoms with van der Waals surface area (Å²) in [4.78, 5) is 13.1. The summed E-state index contributed by atoms with van der Waals surface area (Å²) < 4.78 is 97.5. The van der Waals surface area contributed by atoms with Crippen molar-refractivity contribution < 1.29 is 44.1 Å². The Labute approximate surface area is 157 Å². The topological polar surface area (TPSA) is 72.9 Å². The summed E-state index contributed by atoms with van der Waals surface area (Å²) >= 11 is 0. The number of halogens is 5. The largest absolute Gasteiger partial charge is 0.534 e. The van der Waals surface area contributed by atoms with Crippen LogP contribution in [0.25, 0.3) is 0 Å². The van der Waals surface area contributed by atoms with Crippen LogP contribution in [0.5, 0.6) is 0 Å². The zero-order chi connectivity index (χ0) is 21.2. The smallest absolute Gasteiger partial charge is 0.462 e. The summed E-state index contributed by atoms with van der Waals surface area (Å²) in [5.74, 6) is -7.42. The third-order valence-electron chi connectivity index (χ3n) is 3.66. The lowest BCUT2D eigenvalue weighted by atomic mass is 10.0. The average molecular weight is 429 g/mol. The Hall–Kier alpha value is -2.21. The van der Waals surface area contributed by atoms with Crippen molar-refractivity contribution >= 4 is 16.1 Å². The van der Waals surface area contributed by atoms with Crippen molar-refractivity contribution in [2.24, 2.45) is 0 Å². The normalized spacial score (nSPS) is 18.1. The van der Waals surface area contributed by atoms with Crippen LogP contribution in [0.1, 0.15) is 12.5 Å². The molecule has 0 radical (unpaired) electrons. The highest BCUT2D eigenvalue weighted by atomic mass is 32.2. The molecule has 28 heavy (non-hydrogen) atoms. The number of benzene rings is 1. The highest BCUT2D eigenvalue weighted by Gasteiger charge is 2.54. The molecular weight excluding hydrogens is 413 g/mol. The molecule has 0 spiro atoms.